The standard InChI is InChI=1S/C20H18BrClN2O3/c1-4-16(19(26)23-15-9-13(22)6-5-10(15)2)24-17-11(3)7-12(21)8-14(17)18(25)20(24)27/h5-9,16H,4H2,1-3H3,(H,23,26). The van der Waals surface area contributed by atoms with Crippen LogP contribution in [0.4, 0.5) is 11.4 Å². The first-order valence-electron chi connectivity index (χ1n) is 8.49. The Balaban J connectivity index is 1.99. The minimum Gasteiger partial charge on any atom is -0.324 e. The number of fused-ring (bicyclic) bond motifs is 1. The second-order valence-electron chi connectivity index (χ2n) is 6.50. The van der Waals surface area contributed by atoms with Crippen molar-refractivity contribution in [1.82, 2.24) is 0 Å². The molecular formula is C20H18BrClN2O3. The Labute approximate surface area is 170 Å². The zero-order valence-corrected chi connectivity index (χ0v) is 17.4. The van der Waals surface area contributed by atoms with Crippen molar-refractivity contribution in [2.45, 2.75) is 33.2 Å². The van der Waals surface area contributed by atoms with E-state index in [0.717, 1.165) is 11.1 Å². The van der Waals surface area contributed by atoms with Gasteiger partial charge in [0.2, 0.25) is 5.91 Å². The van der Waals surface area contributed by atoms with E-state index in [1.807, 2.05) is 19.9 Å². The number of hydrogen-bond acceptors (Lipinski definition) is 3. The number of carbonyl (C=O) groups is 3. The quantitative estimate of drug-likeness (QED) is 0.690. The third-order valence-electron chi connectivity index (χ3n) is 4.62. The van der Waals surface area contributed by atoms with Crippen LogP contribution in [-0.4, -0.2) is 23.6 Å². The molecule has 1 aliphatic rings. The van der Waals surface area contributed by atoms with Gasteiger partial charge in [0.15, 0.2) is 0 Å². The highest BCUT2D eigenvalue weighted by atomic mass is 79.9. The van der Waals surface area contributed by atoms with Gasteiger partial charge >= 0.3 is 0 Å². The van der Waals surface area contributed by atoms with Crippen molar-refractivity contribution in [3.63, 3.8) is 0 Å². The van der Waals surface area contributed by atoms with E-state index >= 15 is 0 Å². The number of amides is 2. The Morgan fingerprint density at radius 2 is 1.89 bits per heavy atom. The van der Waals surface area contributed by atoms with Gasteiger partial charge in [-0.25, -0.2) is 0 Å². The molecule has 0 aliphatic carbocycles. The summed E-state index contributed by atoms with van der Waals surface area (Å²) in [5.41, 5.74) is 3.00. The Hall–Kier alpha value is -2.18. The second-order valence-corrected chi connectivity index (χ2v) is 7.85. The molecule has 0 fully saturated rings. The van der Waals surface area contributed by atoms with Gasteiger partial charge in [-0.2, -0.15) is 0 Å². The molecular weight excluding hydrogens is 432 g/mol. The number of nitrogens with zero attached hydrogens (tertiary/aromatic N) is 1. The lowest BCUT2D eigenvalue weighted by Crippen LogP contribution is -2.47. The number of Topliss-reactive ketones (excluding diaryl/α,β-unsaturated/α-hetero) is 1. The number of halogens is 2. The molecule has 0 aromatic heterocycles. The van der Waals surface area contributed by atoms with Crippen LogP contribution in [-0.2, 0) is 9.59 Å². The van der Waals surface area contributed by atoms with E-state index in [2.05, 4.69) is 21.2 Å². The average molecular weight is 450 g/mol. The molecule has 5 nitrogen and oxygen atoms in total. The second kappa shape index (κ2) is 7.44. The zero-order chi connectivity index (χ0) is 19.9. The molecule has 0 saturated carbocycles. The maximum atomic E-state index is 13.0. The molecule has 0 bridgehead atoms. The third-order valence-corrected chi connectivity index (χ3v) is 5.32. The maximum absolute atomic E-state index is 13.0. The first-order valence-corrected chi connectivity index (χ1v) is 9.66. The predicted molar refractivity (Wildman–Crippen MR) is 110 cm³/mol. The molecule has 2 amide bonds. The zero-order valence-electron chi connectivity index (χ0n) is 15.1. The Bertz CT molecular complexity index is 974. The molecule has 2 aromatic rings. The van der Waals surface area contributed by atoms with Gasteiger partial charge in [-0.1, -0.05) is 40.5 Å². The summed E-state index contributed by atoms with van der Waals surface area (Å²) >= 11 is 9.37. The molecule has 27 heavy (non-hydrogen) atoms. The lowest BCUT2D eigenvalue weighted by molar-refractivity contribution is -0.121. The SMILES string of the molecule is CCC(C(=O)Nc1cc(Cl)ccc1C)N1C(=O)C(=O)c2cc(Br)cc(C)c21. The minimum absolute atomic E-state index is 0.317. The number of ketones is 1. The molecule has 1 aliphatic heterocycles. The van der Waals surface area contributed by atoms with Crippen molar-refractivity contribution in [2.75, 3.05) is 10.2 Å². The number of benzene rings is 2. The molecule has 1 atom stereocenters. The van der Waals surface area contributed by atoms with Crippen LogP contribution in [0.15, 0.2) is 34.8 Å². The van der Waals surface area contributed by atoms with Crippen molar-refractivity contribution in [3.8, 4) is 0 Å². The van der Waals surface area contributed by atoms with Crippen molar-refractivity contribution in [2.24, 2.45) is 0 Å². The summed E-state index contributed by atoms with van der Waals surface area (Å²) in [7, 11) is 0. The summed E-state index contributed by atoms with van der Waals surface area (Å²) in [6.07, 6.45) is 0.361. The molecule has 1 heterocycles. The highest BCUT2D eigenvalue weighted by Gasteiger charge is 2.43. The van der Waals surface area contributed by atoms with Gasteiger partial charge in [0.1, 0.15) is 6.04 Å². The molecule has 1 N–H and O–H groups in total. The molecule has 2 aromatic carbocycles. The van der Waals surface area contributed by atoms with E-state index in [0.29, 0.717) is 32.9 Å². The lowest BCUT2D eigenvalue weighted by atomic mass is 10.1. The van der Waals surface area contributed by atoms with Crippen LogP contribution >= 0.6 is 27.5 Å². The average Bonchev–Trinajstić information content (AvgIpc) is 2.84. The third kappa shape index (κ3) is 3.51. The molecule has 0 spiro atoms. The van der Waals surface area contributed by atoms with E-state index in [1.165, 1.54) is 4.90 Å². The number of carbonyl (C=O) groups excluding carboxylic acids is 3. The summed E-state index contributed by atoms with van der Waals surface area (Å²) in [6, 6.07) is 7.85. The Morgan fingerprint density at radius 1 is 1.19 bits per heavy atom. The Morgan fingerprint density at radius 3 is 2.56 bits per heavy atom. The van der Waals surface area contributed by atoms with Gasteiger partial charge in [-0.05, 0) is 55.7 Å². The van der Waals surface area contributed by atoms with Crippen LogP contribution < -0.4 is 10.2 Å². The normalized spacial score (nSPS) is 14.3. The highest BCUT2D eigenvalue weighted by Crippen LogP contribution is 2.37. The summed E-state index contributed by atoms with van der Waals surface area (Å²) in [5, 5.41) is 3.34. The summed E-state index contributed by atoms with van der Waals surface area (Å²) in [5.74, 6) is -1.64. The number of rotatable bonds is 4. The van der Waals surface area contributed by atoms with Gasteiger partial charge in [0.05, 0.1) is 11.3 Å². The van der Waals surface area contributed by atoms with Gasteiger partial charge in [0.25, 0.3) is 11.7 Å². The first kappa shape index (κ1) is 19.6. The topological polar surface area (TPSA) is 66.5 Å². The van der Waals surface area contributed by atoms with E-state index in [1.54, 1.807) is 31.2 Å². The molecule has 0 saturated heterocycles. The fourth-order valence-corrected chi connectivity index (χ4v) is 4.03. The largest absolute Gasteiger partial charge is 0.324 e. The number of nitrogens with one attached hydrogen (secondary N) is 1. The lowest BCUT2D eigenvalue weighted by Gasteiger charge is -2.27. The van der Waals surface area contributed by atoms with Crippen LogP contribution in [0.25, 0.3) is 0 Å². The van der Waals surface area contributed by atoms with Crippen molar-refractivity contribution in [3.05, 3.63) is 56.5 Å². The van der Waals surface area contributed by atoms with Crippen molar-refractivity contribution < 1.29 is 14.4 Å². The van der Waals surface area contributed by atoms with Gasteiger partial charge in [-0.15, -0.1) is 0 Å². The fraction of sp³-hybridized carbons (Fsp3) is 0.250. The molecule has 7 heteroatoms. The fourth-order valence-electron chi connectivity index (χ4n) is 3.28. The molecule has 140 valence electrons. The van der Waals surface area contributed by atoms with Crippen LogP contribution in [0.2, 0.25) is 5.02 Å². The predicted octanol–water partition coefficient (Wildman–Crippen LogP) is 4.67. The first-order chi connectivity index (χ1) is 12.7. The maximum Gasteiger partial charge on any atom is 0.300 e. The minimum atomic E-state index is -0.805. The summed E-state index contributed by atoms with van der Waals surface area (Å²) in [4.78, 5) is 39.4. The summed E-state index contributed by atoms with van der Waals surface area (Å²) in [6.45, 7) is 5.47. The molecule has 3 rings (SSSR count). The van der Waals surface area contributed by atoms with Crippen molar-refractivity contribution >= 4 is 56.5 Å². The van der Waals surface area contributed by atoms with E-state index in [-0.39, 0.29) is 5.91 Å². The van der Waals surface area contributed by atoms with E-state index in [4.69, 9.17) is 11.6 Å². The summed E-state index contributed by atoms with van der Waals surface area (Å²) < 4.78 is 0.716. The van der Waals surface area contributed by atoms with E-state index in [9.17, 15) is 14.4 Å². The number of aryl methyl sites for hydroxylation is 2. The van der Waals surface area contributed by atoms with Crippen LogP contribution in [0.5, 0.6) is 0 Å². The number of hydrogen-bond donors (Lipinski definition) is 1. The smallest absolute Gasteiger partial charge is 0.300 e. The van der Waals surface area contributed by atoms with Gasteiger partial charge in [-0.3, -0.25) is 19.3 Å². The monoisotopic (exact) mass is 448 g/mol. The molecule has 0 radical (unpaired) electrons. The van der Waals surface area contributed by atoms with Crippen molar-refractivity contribution in [1.29, 1.82) is 0 Å². The van der Waals surface area contributed by atoms with Crippen LogP contribution in [0, 0.1) is 13.8 Å². The van der Waals surface area contributed by atoms with Crippen LogP contribution in [0.1, 0.15) is 34.8 Å². The van der Waals surface area contributed by atoms with Crippen LogP contribution in [0.3, 0.4) is 0 Å². The van der Waals surface area contributed by atoms with Gasteiger partial charge in [0, 0.05) is 15.2 Å². The van der Waals surface area contributed by atoms with Gasteiger partial charge < -0.3 is 5.32 Å². The van der Waals surface area contributed by atoms with E-state index < -0.39 is 17.7 Å². The Kier molecular flexibility index (Phi) is 5.40. The molecule has 1 unspecified atom stereocenters. The highest BCUT2D eigenvalue weighted by molar-refractivity contribution is 9.10. The number of anilines is 2.